The Balaban J connectivity index is 1.41. The number of aromatic nitrogens is 2. The van der Waals surface area contributed by atoms with Crippen molar-refractivity contribution >= 4 is 11.9 Å². The molecule has 0 unspecified atom stereocenters. The summed E-state index contributed by atoms with van der Waals surface area (Å²) >= 11 is 0. The van der Waals surface area contributed by atoms with Crippen LogP contribution in [0.3, 0.4) is 0 Å². The van der Waals surface area contributed by atoms with E-state index in [4.69, 9.17) is 4.98 Å². The normalized spacial score (nSPS) is 19.5. The molecule has 3 aliphatic rings. The predicted molar refractivity (Wildman–Crippen MR) is 138 cm³/mol. The number of hydrogen-bond donors (Lipinski definition) is 1. The Hall–Kier alpha value is -3.21. The van der Waals surface area contributed by atoms with Crippen molar-refractivity contribution in [2.45, 2.75) is 75.8 Å². The molecule has 2 saturated carbocycles. The van der Waals surface area contributed by atoms with Gasteiger partial charge in [-0.3, -0.25) is 4.79 Å². The molecular formula is C30H34N4O. The maximum Gasteiger partial charge on any atom is 0.257 e. The first kappa shape index (κ1) is 22.3. The van der Waals surface area contributed by atoms with Crippen LogP contribution in [0.4, 0.5) is 5.95 Å². The van der Waals surface area contributed by atoms with Gasteiger partial charge in [0.05, 0.1) is 11.3 Å². The zero-order valence-corrected chi connectivity index (χ0v) is 20.4. The van der Waals surface area contributed by atoms with Gasteiger partial charge in [-0.25, -0.2) is 9.97 Å². The number of rotatable bonds is 5. The number of hydrogen-bond acceptors (Lipinski definition) is 4. The summed E-state index contributed by atoms with van der Waals surface area (Å²) in [5, 5.41) is 3.58. The average Bonchev–Trinajstić information content (AvgIpc) is 3.62. The third-order valence-corrected chi connectivity index (χ3v) is 8.36. The smallest absolute Gasteiger partial charge is 0.257 e. The van der Waals surface area contributed by atoms with Crippen LogP contribution in [0.15, 0.2) is 60.8 Å². The van der Waals surface area contributed by atoms with E-state index in [0.29, 0.717) is 24.1 Å². The molecule has 1 N–H and O–H groups in total. The van der Waals surface area contributed by atoms with Crippen LogP contribution in [-0.2, 0) is 18.4 Å². The number of fused-ring (bicyclic) bond motifs is 1. The molecule has 3 aromatic rings. The second-order valence-electron chi connectivity index (χ2n) is 10.5. The van der Waals surface area contributed by atoms with E-state index in [0.717, 1.165) is 57.2 Å². The molecule has 2 fully saturated rings. The van der Waals surface area contributed by atoms with Gasteiger partial charge in [-0.2, -0.15) is 0 Å². The van der Waals surface area contributed by atoms with Gasteiger partial charge < -0.3 is 10.2 Å². The molecule has 0 saturated heterocycles. The highest BCUT2D eigenvalue weighted by atomic mass is 16.2. The first-order chi connectivity index (χ1) is 17.2. The summed E-state index contributed by atoms with van der Waals surface area (Å²) in [5.41, 5.74) is 5.21. The van der Waals surface area contributed by atoms with Crippen molar-refractivity contribution in [2.75, 3.05) is 11.9 Å². The lowest BCUT2D eigenvalue weighted by Gasteiger charge is -2.34. The minimum Gasteiger partial charge on any atom is -0.351 e. The number of anilines is 1. The second kappa shape index (κ2) is 9.44. The number of carbonyl (C=O) groups is 1. The molecule has 35 heavy (non-hydrogen) atoms. The van der Waals surface area contributed by atoms with Crippen molar-refractivity contribution in [1.29, 1.82) is 0 Å². The van der Waals surface area contributed by atoms with E-state index in [1.165, 1.54) is 29.5 Å². The first-order valence-corrected chi connectivity index (χ1v) is 13.3. The van der Waals surface area contributed by atoms with Crippen LogP contribution >= 0.6 is 0 Å². The van der Waals surface area contributed by atoms with E-state index in [9.17, 15) is 4.79 Å². The summed E-state index contributed by atoms with van der Waals surface area (Å²) < 4.78 is 0. The molecule has 180 valence electrons. The molecule has 5 nitrogen and oxygen atoms in total. The zero-order chi connectivity index (χ0) is 23.7. The van der Waals surface area contributed by atoms with Crippen LogP contribution in [0.5, 0.6) is 0 Å². The molecule has 2 aromatic carbocycles. The van der Waals surface area contributed by atoms with Crippen LogP contribution in [0.1, 0.15) is 84.1 Å². The topological polar surface area (TPSA) is 58.1 Å². The third-order valence-electron chi connectivity index (χ3n) is 8.36. The number of benzene rings is 2. The van der Waals surface area contributed by atoms with Crippen molar-refractivity contribution in [3.05, 3.63) is 88.7 Å². The molecule has 0 spiro atoms. The van der Waals surface area contributed by atoms with Gasteiger partial charge in [0, 0.05) is 30.7 Å². The van der Waals surface area contributed by atoms with Gasteiger partial charge in [0.15, 0.2) is 0 Å². The van der Waals surface area contributed by atoms with E-state index >= 15 is 0 Å². The van der Waals surface area contributed by atoms with Crippen molar-refractivity contribution in [3.8, 4) is 0 Å². The van der Waals surface area contributed by atoms with Crippen molar-refractivity contribution in [2.24, 2.45) is 0 Å². The molecule has 6 rings (SSSR count). The van der Waals surface area contributed by atoms with E-state index < -0.39 is 0 Å². The van der Waals surface area contributed by atoms with Crippen LogP contribution in [0, 0.1) is 0 Å². The lowest BCUT2D eigenvalue weighted by molar-refractivity contribution is 0.0731. The van der Waals surface area contributed by atoms with Crippen LogP contribution < -0.4 is 5.32 Å². The number of amides is 1. The third kappa shape index (κ3) is 4.22. The lowest BCUT2D eigenvalue weighted by atomic mass is 9.74. The Bertz CT molecular complexity index is 1200. The Morgan fingerprint density at radius 2 is 1.63 bits per heavy atom. The van der Waals surface area contributed by atoms with E-state index in [2.05, 4.69) is 64.9 Å². The van der Waals surface area contributed by atoms with E-state index in [1.807, 2.05) is 11.1 Å². The molecule has 1 amide bonds. The Morgan fingerprint density at radius 3 is 2.40 bits per heavy atom. The molecule has 0 atom stereocenters. The van der Waals surface area contributed by atoms with Gasteiger partial charge in [0.2, 0.25) is 5.95 Å². The fourth-order valence-electron chi connectivity index (χ4n) is 6.46. The summed E-state index contributed by atoms with van der Waals surface area (Å²) in [6, 6.07) is 19.6. The summed E-state index contributed by atoms with van der Waals surface area (Å²) in [4.78, 5) is 25.9. The quantitative estimate of drug-likeness (QED) is 0.509. The summed E-state index contributed by atoms with van der Waals surface area (Å²) in [6.07, 6.45) is 11.9. The predicted octanol–water partition coefficient (Wildman–Crippen LogP) is 5.89. The highest BCUT2D eigenvalue weighted by Gasteiger charge is 2.42. The van der Waals surface area contributed by atoms with Gasteiger partial charge in [0.25, 0.3) is 5.91 Å². The van der Waals surface area contributed by atoms with Gasteiger partial charge in [-0.05, 0) is 48.8 Å². The lowest BCUT2D eigenvalue weighted by Crippen LogP contribution is -2.38. The molecule has 2 heterocycles. The first-order valence-electron chi connectivity index (χ1n) is 13.3. The average molecular weight is 467 g/mol. The van der Waals surface area contributed by atoms with E-state index in [-0.39, 0.29) is 11.3 Å². The second-order valence-corrected chi connectivity index (χ2v) is 10.5. The number of nitrogens with one attached hydrogen (secondary N) is 1. The Morgan fingerprint density at radius 1 is 0.914 bits per heavy atom. The van der Waals surface area contributed by atoms with Crippen molar-refractivity contribution in [3.63, 3.8) is 0 Å². The fourth-order valence-corrected chi connectivity index (χ4v) is 6.46. The summed E-state index contributed by atoms with van der Waals surface area (Å²) in [5.74, 6) is 0.735. The molecule has 0 radical (unpaired) electrons. The van der Waals surface area contributed by atoms with Crippen molar-refractivity contribution < 1.29 is 4.79 Å². The SMILES string of the molecule is O=C(c1cnc(NC2CCCC2)nc1C1(c2ccccc2)CCCC1)N1CCc2ccccc2C1. The van der Waals surface area contributed by atoms with Crippen molar-refractivity contribution in [1.82, 2.24) is 14.9 Å². The summed E-state index contributed by atoms with van der Waals surface area (Å²) in [6.45, 7) is 1.38. The highest BCUT2D eigenvalue weighted by molar-refractivity contribution is 5.96. The van der Waals surface area contributed by atoms with Gasteiger partial charge >= 0.3 is 0 Å². The molecule has 1 aromatic heterocycles. The van der Waals surface area contributed by atoms with Gasteiger partial charge in [-0.15, -0.1) is 0 Å². The van der Waals surface area contributed by atoms with Gasteiger partial charge in [0.1, 0.15) is 0 Å². The summed E-state index contributed by atoms with van der Waals surface area (Å²) in [7, 11) is 0. The number of carbonyl (C=O) groups excluding carboxylic acids is 1. The minimum atomic E-state index is -0.241. The minimum absolute atomic E-state index is 0.0594. The monoisotopic (exact) mass is 466 g/mol. The zero-order valence-electron chi connectivity index (χ0n) is 20.4. The maximum atomic E-state index is 14.0. The van der Waals surface area contributed by atoms with Crippen LogP contribution in [-0.4, -0.2) is 33.4 Å². The molecular weight excluding hydrogens is 432 g/mol. The van der Waals surface area contributed by atoms with Crippen LogP contribution in [0.2, 0.25) is 0 Å². The number of nitrogens with zero attached hydrogens (tertiary/aromatic N) is 3. The molecule has 0 bridgehead atoms. The Kier molecular flexibility index (Phi) is 6.01. The largest absolute Gasteiger partial charge is 0.351 e. The molecule has 1 aliphatic heterocycles. The molecule has 5 heteroatoms. The molecule has 2 aliphatic carbocycles. The Labute approximate surface area is 208 Å². The fraction of sp³-hybridized carbons (Fsp3) is 0.433. The standard InChI is InChI=1S/C30H34N4O/c35-28(34-19-16-22-10-4-5-11-23(22)21-34)26-20-31-29(32-25-14-6-7-15-25)33-27(26)30(17-8-9-18-30)24-12-2-1-3-13-24/h1-5,10-13,20,25H,6-9,14-19,21H2,(H,31,32,33). The van der Waals surface area contributed by atoms with E-state index in [1.54, 1.807) is 0 Å². The van der Waals surface area contributed by atoms with Gasteiger partial charge in [-0.1, -0.05) is 80.3 Å². The van der Waals surface area contributed by atoms with Crippen LogP contribution in [0.25, 0.3) is 0 Å². The highest BCUT2D eigenvalue weighted by Crippen LogP contribution is 2.47. The maximum absolute atomic E-state index is 14.0.